The molecule has 2 heterocycles. The van der Waals surface area contributed by atoms with Crippen LogP contribution < -0.4 is 5.32 Å². The predicted molar refractivity (Wildman–Crippen MR) is 49.8 cm³/mol. The average Bonchev–Trinajstić information content (AvgIpc) is 2.59. The molecule has 1 aromatic rings. The summed E-state index contributed by atoms with van der Waals surface area (Å²) in [6, 6.07) is -0.0651. The van der Waals surface area contributed by atoms with E-state index in [2.05, 4.69) is 10.5 Å². The Hall–Kier alpha value is -1.52. The highest BCUT2D eigenvalue weighted by atomic mass is 16.5. The molecule has 0 saturated heterocycles. The lowest BCUT2D eigenvalue weighted by Gasteiger charge is -2.24. The second-order valence-corrected chi connectivity index (χ2v) is 3.40. The molecule has 1 aliphatic heterocycles. The fourth-order valence-corrected chi connectivity index (χ4v) is 1.71. The van der Waals surface area contributed by atoms with Crippen molar-refractivity contribution in [3.63, 3.8) is 0 Å². The van der Waals surface area contributed by atoms with Gasteiger partial charge in [-0.15, -0.1) is 0 Å². The zero-order valence-corrected chi connectivity index (χ0v) is 8.33. The molecule has 1 aliphatic rings. The maximum absolute atomic E-state index is 11.3. The van der Waals surface area contributed by atoms with E-state index in [0.717, 1.165) is 30.0 Å². The first-order valence-corrected chi connectivity index (χ1v) is 4.63. The van der Waals surface area contributed by atoms with Gasteiger partial charge in [0.15, 0.2) is 5.76 Å². The lowest BCUT2D eigenvalue weighted by atomic mass is 10.1. The van der Waals surface area contributed by atoms with Crippen LogP contribution >= 0.6 is 0 Å². The van der Waals surface area contributed by atoms with Crippen molar-refractivity contribution in [3.05, 3.63) is 17.0 Å². The highest BCUT2D eigenvalue weighted by Crippen LogP contribution is 2.21. The molecular weight excluding hydrogens is 182 g/mol. The van der Waals surface area contributed by atoms with Crippen molar-refractivity contribution in [2.24, 2.45) is 0 Å². The summed E-state index contributed by atoms with van der Waals surface area (Å²) in [5.74, 6) is 0.817. The summed E-state index contributed by atoms with van der Waals surface area (Å²) >= 11 is 0. The average molecular weight is 195 g/mol. The van der Waals surface area contributed by atoms with Crippen LogP contribution in [0.15, 0.2) is 4.52 Å². The molecule has 76 valence electrons. The highest BCUT2D eigenvalue weighted by Gasteiger charge is 2.24. The molecule has 5 heteroatoms. The van der Waals surface area contributed by atoms with E-state index in [4.69, 9.17) is 4.52 Å². The normalized spacial score (nSPS) is 15.1. The SMILES string of the molecule is CNC(=O)N1CCc2c(C)noc2C1. The molecule has 0 aromatic carbocycles. The Morgan fingerprint density at radius 2 is 2.43 bits per heavy atom. The first-order chi connectivity index (χ1) is 6.72. The standard InChI is InChI=1S/C9H13N3O2/c1-6-7-3-4-12(9(13)10-2)5-8(7)14-11-6/h3-5H2,1-2H3,(H,10,13). The van der Waals surface area contributed by atoms with E-state index in [1.165, 1.54) is 0 Å². The summed E-state index contributed by atoms with van der Waals surface area (Å²) in [5.41, 5.74) is 2.10. The van der Waals surface area contributed by atoms with Crippen LogP contribution in [0, 0.1) is 6.92 Å². The number of carbonyl (C=O) groups is 1. The largest absolute Gasteiger partial charge is 0.359 e. The smallest absolute Gasteiger partial charge is 0.317 e. The Balaban J connectivity index is 2.18. The Bertz CT molecular complexity index is 359. The van der Waals surface area contributed by atoms with Gasteiger partial charge in [-0.05, 0) is 13.3 Å². The van der Waals surface area contributed by atoms with Crippen LogP contribution in [0.5, 0.6) is 0 Å². The Kier molecular flexibility index (Phi) is 2.15. The molecule has 0 fully saturated rings. The third kappa shape index (κ3) is 1.34. The van der Waals surface area contributed by atoms with E-state index in [0.29, 0.717) is 6.54 Å². The van der Waals surface area contributed by atoms with Gasteiger partial charge in [0, 0.05) is 19.2 Å². The molecule has 0 bridgehead atoms. The second-order valence-electron chi connectivity index (χ2n) is 3.40. The van der Waals surface area contributed by atoms with Crippen LogP contribution in [-0.4, -0.2) is 29.7 Å². The van der Waals surface area contributed by atoms with Crippen molar-refractivity contribution in [2.75, 3.05) is 13.6 Å². The topological polar surface area (TPSA) is 58.4 Å². The number of hydrogen-bond donors (Lipinski definition) is 1. The number of nitrogens with one attached hydrogen (secondary N) is 1. The van der Waals surface area contributed by atoms with Gasteiger partial charge in [-0.25, -0.2) is 4.79 Å². The number of carbonyl (C=O) groups excluding carboxylic acids is 1. The van der Waals surface area contributed by atoms with E-state index in [1.807, 2.05) is 6.92 Å². The van der Waals surface area contributed by atoms with Crippen LogP contribution in [0.2, 0.25) is 0 Å². The van der Waals surface area contributed by atoms with Crippen LogP contribution in [0.1, 0.15) is 17.0 Å². The minimum absolute atomic E-state index is 0.0651. The van der Waals surface area contributed by atoms with Crippen molar-refractivity contribution in [1.29, 1.82) is 0 Å². The van der Waals surface area contributed by atoms with Gasteiger partial charge in [-0.2, -0.15) is 0 Å². The van der Waals surface area contributed by atoms with Gasteiger partial charge in [0.1, 0.15) is 0 Å². The van der Waals surface area contributed by atoms with Gasteiger partial charge < -0.3 is 14.7 Å². The predicted octanol–water partition coefficient (Wildman–Crippen LogP) is 0.681. The van der Waals surface area contributed by atoms with E-state index >= 15 is 0 Å². The van der Waals surface area contributed by atoms with Crippen LogP contribution in [0.3, 0.4) is 0 Å². The maximum atomic E-state index is 11.3. The minimum atomic E-state index is -0.0651. The van der Waals surface area contributed by atoms with Crippen molar-refractivity contribution < 1.29 is 9.32 Å². The molecule has 0 spiro atoms. The molecule has 1 aromatic heterocycles. The molecule has 14 heavy (non-hydrogen) atoms. The Morgan fingerprint density at radius 1 is 1.64 bits per heavy atom. The van der Waals surface area contributed by atoms with Gasteiger partial charge in [0.05, 0.1) is 12.2 Å². The van der Waals surface area contributed by atoms with Gasteiger partial charge in [0.2, 0.25) is 0 Å². The molecule has 0 saturated carbocycles. The second kappa shape index (κ2) is 3.32. The van der Waals surface area contributed by atoms with E-state index in [-0.39, 0.29) is 6.03 Å². The van der Waals surface area contributed by atoms with Crippen molar-refractivity contribution in [1.82, 2.24) is 15.4 Å². The van der Waals surface area contributed by atoms with Gasteiger partial charge in [0.25, 0.3) is 0 Å². The van der Waals surface area contributed by atoms with Crippen molar-refractivity contribution >= 4 is 6.03 Å². The molecule has 2 rings (SSSR count). The highest BCUT2D eigenvalue weighted by molar-refractivity contribution is 5.74. The third-order valence-corrected chi connectivity index (χ3v) is 2.53. The third-order valence-electron chi connectivity index (χ3n) is 2.53. The zero-order valence-electron chi connectivity index (χ0n) is 8.33. The summed E-state index contributed by atoms with van der Waals surface area (Å²) in [6.07, 6.45) is 0.831. The maximum Gasteiger partial charge on any atom is 0.317 e. The number of amides is 2. The number of aromatic nitrogens is 1. The van der Waals surface area contributed by atoms with Gasteiger partial charge in [-0.3, -0.25) is 0 Å². The number of urea groups is 1. The summed E-state index contributed by atoms with van der Waals surface area (Å²) in [4.78, 5) is 13.1. The molecule has 0 unspecified atom stereocenters. The fourth-order valence-electron chi connectivity index (χ4n) is 1.71. The first-order valence-electron chi connectivity index (χ1n) is 4.63. The lowest BCUT2D eigenvalue weighted by Crippen LogP contribution is -2.41. The molecule has 5 nitrogen and oxygen atoms in total. The van der Waals surface area contributed by atoms with Gasteiger partial charge >= 0.3 is 6.03 Å². The van der Waals surface area contributed by atoms with E-state index in [1.54, 1.807) is 11.9 Å². The number of rotatable bonds is 0. The lowest BCUT2D eigenvalue weighted by molar-refractivity contribution is 0.185. The molecule has 2 amide bonds. The number of aryl methyl sites for hydroxylation is 1. The van der Waals surface area contributed by atoms with Crippen molar-refractivity contribution in [2.45, 2.75) is 19.9 Å². The summed E-state index contributed by atoms with van der Waals surface area (Å²) in [5, 5.41) is 6.48. The minimum Gasteiger partial charge on any atom is -0.359 e. The van der Waals surface area contributed by atoms with E-state index in [9.17, 15) is 4.79 Å². The summed E-state index contributed by atoms with van der Waals surface area (Å²) in [7, 11) is 1.63. The Labute approximate surface area is 82.1 Å². The molecule has 0 atom stereocenters. The number of nitrogens with zero attached hydrogens (tertiary/aromatic N) is 2. The fraction of sp³-hybridized carbons (Fsp3) is 0.556. The summed E-state index contributed by atoms with van der Waals surface area (Å²) in [6.45, 7) is 3.18. The summed E-state index contributed by atoms with van der Waals surface area (Å²) < 4.78 is 5.14. The van der Waals surface area contributed by atoms with E-state index < -0.39 is 0 Å². The molecular formula is C9H13N3O2. The molecule has 0 radical (unpaired) electrons. The quantitative estimate of drug-likeness (QED) is 0.662. The van der Waals surface area contributed by atoms with Crippen LogP contribution in [-0.2, 0) is 13.0 Å². The zero-order chi connectivity index (χ0) is 10.1. The number of fused-ring (bicyclic) bond motifs is 1. The number of hydrogen-bond acceptors (Lipinski definition) is 3. The Morgan fingerprint density at radius 3 is 3.14 bits per heavy atom. The van der Waals surface area contributed by atoms with Crippen molar-refractivity contribution in [3.8, 4) is 0 Å². The molecule has 1 N–H and O–H groups in total. The first kappa shape index (κ1) is 9.05. The van der Waals surface area contributed by atoms with Crippen LogP contribution in [0.4, 0.5) is 4.79 Å². The van der Waals surface area contributed by atoms with Gasteiger partial charge in [-0.1, -0.05) is 5.16 Å². The molecule has 0 aliphatic carbocycles. The van der Waals surface area contributed by atoms with Crippen LogP contribution in [0.25, 0.3) is 0 Å². The monoisotopic (exact) mass is 195 g/mol.